The summed E-state index contributed by atoms with van der Waals surface area (Å²) >= 11 is 1.59. The lowest BCUT2D eigenvalue weighted by Crippen LogP contribution is -2.36. The van der Waals surface area contributed by atoms with Crippen LogP contribution >= 0.6 is 11.8 Å². The van der Waals surface area contributed by atoms with Gasteiger partial charge in [0, 0.05) is 23.9 Å². The minimum absolute atomic E-state index is 0.0921. The number of nitrogens with zero attached hydrogens (tertiary/aromatic N) is 4. The number of hydrogen-bond donors (Lipinski definition) is 1. The summed E-state index contributed by atoms with van der Waals surface area (Å²) in [7, 11) is 0. The van der Waals surface area contributed by atoms with Gasteiger partial charge in [-0.05, 0) is 55.0 Å². The molecule has 188 valence electrons. The van der Waals surface area contributed by atoms with Gasteiger partial charge in [0.2, 0.25) is 5.78 Å². The van der Waals surface area contributed by atoms with Gasteiger partial charge >= 0.3 is 0 Å². The summed E-state index contributed by atoms with van der Waals surface area (Å²) in [5.41, 5.74) is 3.57. The minimum atomic E-state index is -0.103. The fourth-order valence-corrected chi connectivity index (χ4v) is 5.99. The lowest BCUT2D eigenvalue weighted by Gasteiger charge is -2.22. The van der Waals surface area contributed by atoms with E-state index in [0.29, 0.717) is 33.9 Å². The predicted octanol–water partition coefficient (Wildman–Crippen LogP) is 5.36. The van der Waals surface area contributed by atoms with E-state index in [9.17, 15) is 9.59 Å². The lowest BCUT2D eigenvalue weighted by molar-refractivity contribution is 0.0928. The predicted molar refractivity (Wildman–Crippen MR) is 145 cm³/mol. The molecular weight excluding hydrogens is 470 g/mol. The second kappa shape index (κ2) is 10.5. The maximum Gasteiger partial charge on any atom is 0.262 e. The summed E-state index contributed by atoms with van der Waals surface area (Å²) in [6.45, 7) is 6.81. The Bertz CT molecular complexity index is 1470. The van der Waals surface area contributed by atoms with Gasteiger partial charge in [0.1, 0.15) is 0 Å². The highest BCUT2D eigenvalue weighted by atomic mass is 32.2. The quantitative estimate of drug-likeness (QED) is 0.343. The van der Waals surface area contributed by atoms with Crippen LogP contribution in [-0.4, -0.2) is 31.1 Å². The van der Waals surface area contributed by atoms with E-state index >= 15 is 0 Å². The van der Waals surface area contributed by atoms with Gasteiger partial charge in [-0.1, -0.05) is 69.1 Å². The van der Waals surface area contributed by atoms with Crippen LogP contribution in [0.2, 0.25) is 0 Å². The number of amides is 1. The summed E-state index contributed by atoms with van der Waals surface area (Å²) in [4.78, 5) is 26.6. The minimum Gasteiger partial charge on any atom is -0.349 e. The molecule has 2 aromatic carbocycles. The Labute approximate surface area is 215 Å². The van der Waals surface area contributed by atoms with Crippen molar-refractivity contribution in [3.63, 3.8) is 0 Å². The molecule has 0 atom stereocenters. The first-order valence-corrected chi connectivity index (χ1v) is 13.8. The highest BCUT2D eigenvalue weighted by Gasteiger charge is 2.21. The van der Waals surface area contributed by atoms with Crippen LogP contribution in [0.4, 0.5) is 0 Å². The Hall–Kier alpha value is -3.13. The normalized spacial score (nSPS) is 14.7. The average Bonchev–Trinajstić information content (AvgIpc) is 3.30. The number of benzene rings is 2. The third-order valence-corrected chi connectivity index (χ3v) is 7.92. The van der Waals surface area contributed by atoms with Crippen LogP contribution in [0.1, 0.15) is 67.4 Å². The number of carbonyl (C=O) groups excluding carboxylic acids is 1. The number of hydrogen-bond acceptors (Lipinski definition) is 5. The molecule has 1 aliphatic rings. The third kappa shape index (κ3) is 4.91. The summed E-state index contributed by atoms with van der Waals surface area (Å²) in [5, 5.41) is 13.4. The number of rotatable bonds is 7. The van der Waals surface area contributed by atoms with Crippen LogP contribution in [0, 0.1) is 12.8 Å². The van der Waals surface area contributed by atoms with Crippen molar-refractivity contribution in [1.82, 2.24) is 24.5 Å². The van der Waals surface area contributed by atoms with Crippen molar-refractivity contribution in [3.8, 4) is 0 Å². The number of aromatic nitrogens is 4. The molecule has 1 saturated carbocycles. The molecule has 8 heteroatoms. The zero-order valence-electron chi connectivity index (χ0n) is 21.2. The molecule has 0 aliphatic heterocycles. The second-order valence-corrected chi connectivity index (χ2v) is 11.1. The molecule has 0 unspecified atom stereocenters. The molecule has 1 aliphatic carbocycles. The summed E-state index contributed by atoms with van der Waals surface area (Å²) < 4.78 is 3.65. The van der Waals surface area contributed by atoms with Crippen molar-refractivity contribution in [2.45, 2.75) is 76.4 Å². The van der Waals surface area contributed by atoms with Crippen molar-refractivity contribution in [2.24, 2.45) is 5.92 Å². The van der Waals surface area contributed by atoms with Gasteiger partial charge in [0.25, 0.3) is 11.5 Å². The van der Waals surface area contributed by atoms with E-state index in [1.165, 1.54) is 17.5 Å². The first-order valence-electron chi connectivity index (χ1n) is 12.8. The molecule has 4 aromatic rings. The zero-order chi connectivity index (χ0) is 25.2. The van der Waals surface area contributed by atoms with Gasteiger partial charge in [-0.2, -0.15) is 0 Å². The van der Waals surface area contributed by atoms with Crippen molar-refractivity contribution in [3.05, 3.63) is 69.5 Å². The number of nitrogens with one attached hydrogen (secondary N) is 1. The van der Waals surface area contributed by atoms with Gasteiger partial charge in [0.15, 0.2) is 5.16 Å². The van der Waals surface area contributed by atoms with Gasteiger partial charge < -0.3 is 5.32 Å². The Morgan fingerprint density at radius 1 is 1.11 bits per heavy atom. The highest BCUT2D eigenvalue weighted by Crippen LogP contribution is 2.27. The molecule has 0 spiro atoms. The molecule has 1 fully saturated rings. The van der Waals surface area contributed by atoms with E-state index in [1.54, 1.807) is 28.5 Å². The molecule has 0 bridgehead atoms. The molecule has 0 radical (unpaired) electrons. The van der Waals surface area contributed by atoms with Gasteiger partial charge in [-0.15, -0.1) is 10.2 Å². The van der Waals surface area contributed by atoms with E-state index in [1.807, 2.05) is 22.6 Å². The molecule has 36 heavy (non-hydrogen) atoms. The van der Waals surface area contributed by atoms with Crippen LogP contribution in [0.3, 0.4) is 0 Å². The third-order valence-electron chi connectivity index (χ3n) is 6.94. The summed E-state index contributed by atoms with van der Waals surface area (Å²) in [6, 6.07) is 13.9. The maximum atomic E-state index is 13.5. The number of aryl methyl sites for hydroxylation is 1. The highest BCUT2D eigenvalue weighted by molar-refractivity contribution is 7.98. The molecule has 0 saturated heterocycles. The SMILES string of the molecule is Cc1ccccc1CSc1nnc2n(CC(C)C)c(=O)c3ccc(C(=O)NC4CCCCC4)cc3n12. The van der Waals surface area contributed by atoms with Crippen LogP contribution < -0.4 is 10.9 Å². The smallest absolute Gasteiger partial charge is 0.262 e. The second-order valence-electron chi connectivity index (χ2n) is 10.2. The van der Waals surface area contributed by atoms with Crippen molar-refractivity contribution in [2.75, 3.05) is 0 Å². The molecule has 1 N–H and O–H groups in total. The van der Waals surface area contributed by atoms with Crippen molar-refractivity contribution < 1.29 is 4.79 Å². The first kappa shape index (κ1) is 24.6. The Balaban J connectivity index is 1.59. The van der Waals surface area contributed by atoms with E-state index in [4.69, 9.17) is 0 Å². The van der Waals surface area contributed by atoms with Gasteiger partial charge in [0.05, 0.1) is 10.9 Å². The number of thioether (sulfide) groups is 1. The van der Waals surface area contributed by atoms with E-state index < -0.39 is 0 Å². The van der Waals surface area contributed by atoms with Crippen LogP contribution in [0.25, 0.3) is 16.7 Å². The Morgan fingerprint density at radius 2 is 1.89 bits per heavy atom. The largest absolute Gasteiger partial charge is 0.349 e. The number of fused-ring (bicyclic) bond motifs is 3. The van der Waals surface area contributed by atoms with E-state index in [2.05, 4.69) is 48.4 Å². The summed E-state index contributed by atoms with van der Waals surface area (Å²) in [6.07, 6.45) is 5.59. The Morgan fingerprint density at radius 3 is 2.64 bits per heavy atom. The molecule has 5 rings (SSSR count). The molecule has 1 amide bonds. The first-order chi connectivity index (χ1) is 17.4. The fraction of sp³-hybridized carbons (Fsp3) is 0.429. The molecule has 2 aromatic heterocycles. The van der Waals surface area contributed by atoms with Crippen molar-refractivity contribution >= 4 is 34.3 Å². The summed E-state index contributed by atoms with van der Waals surface area (Å²) in [5.74, 6) is 1.42. The maximum absolute atomic E-state index is 13.5. The van der Waals surface area contributed by atoms with Gasteiger partial charge in [-0.3, -0.25) is 18.6 Å². The van der Waals surface area contributed by atoms with Crippen LogP contribution in [0.5, 0.6) is 0 Å². The Kier molecular flexibility index (Phi) is 7.14. The molecule has 2 heterocycles. The van der Waals surface area contributed by atoms with Crippen LogP contribution in [-0.2, 0) is 12.3 Å². The van der Waals surface area contributed by atoms with Gasteiger partial charge in [-0.25, -0.2) is 0 Å². The standard InChI is InChI=1S/C28H33N5O2S/c1-18(2)16-32-26(35)23-14-13-20(25(34)29-22-11-5-4-6-12-22)15-24(23)33-27(32)30-31-28(33)36-17-21-10-8-7-9-19(21)3/h7-10,13-15,18,22H,4-6,11-12,16-17H2,1-3H3,(H,29,34). The van der Waals surface area contributed by atoms with Crippen LogP contribution in [0.15, 0.2) is 52.4 Å². The zero-order valence-corrected chi connectivity index (χ0v) is 22.0. The monoisotopic (exact) mass is 503 g/mol. The van der Waals surface area contributed by atoms with Crippen molar-refractivity contribution in [1.29, 1.82) is 0 Å². The van der Waals surface area contributed by atoms with E-state index in [0.717, 1.165) is 31.4 Å². The topological polar surface area (TPSA) is 81.3 Å². The fourth-order valence-electron chi connectivity index (χ4n) is 4.98. The average molecular weight is 504 g/mol. The lowest BCUT2D eigenvalue weighted by atomic mass is 9.95. The molecular formula is C28H33N5O2S. The van der Waals surface area contributed by atoms with E-state index in [-0.39, 0.29) is 23.4 Å². The molecule has 7 nitrogen and oxygen atoms in total. The number of carbonyl (C=O) groups is 1.